The molecule has 0 saturated carbocycles. The first-order chi connectivity index (χ1) is 9.38. The van der Waals surface area contributed by atoms with Crippen molar-refractivity contribution in [1.29, 1.82) is 0 Å². The van der Waals surface area contributed by atoms with E-state index in [1.807, 2.05) is 0 Å². The standard InChI is InChI=1S/C15H20N4/c1-2-19-11-17-18-15(19)10-16-14-9-5-7-12-6-3-4-8-13(12)14/h3-4,6,8,11,14,16H,2,5,7,9-10H2,1H3. The van der Waals surface area contributed by atoms with Crippen LogP contribution in [0.4, 0.5) is 0 Å². The van der Waals surface area contributed by atoms with Gasteiger partial charge in [0.05, 0.1) is 6.54 Å². The zero-order chi connectivity index (χ0) is 13.1. The number of hydrogen-bond donors (Lipinski definition) is 1. The average Bonchev–Trinajstić information content (AvgIpc) is 2.92. The molecule has 100 valence electrons. The molecule has 19 heavy (non-hydrogen) atoms. The molecular weight excluding hydrogens is 236 g/mol. The number of hydrogen-bond acceptors (Lipinski definition) is 3. The summed E-state index contributed by atoms with van der Waals surface area (Å²) in [6, 6.07) is 9.21. The van der Waals surface area contributed by atoms with E-state index in [2.05, 4.69) is 51.3 Å². The van der Waals surface area contributed by atoms with E-state index < -0.39 is 0 Å². The van der Waals surface area contributed by atoms with Crippen molar-refractivity contribution in [3.63, 3.8) is 0 Å². The van der Waals surface area contributed by atoms with Gasteiger partial charge in [0, 0.05) is 12.6 Å². The van der Waals surface area contributed by atoms with Crippen molar-refractivity contribution < 1.29 is 0 Å². The number of aromatic nitrogens is 3. The van der Waals surface area contributed by atoms with Gasteiger partial charge in [-0.15, -0.1) is 10.2 Å². The summed E-state index contributed by atoms with van der Waals surface area (Å²) in [5.74, 6) is 1.02. The van der Waals surface area contributed by atoms with Crippen LogP contribution >= 0.6 is 0 Å². The van der Waals surface area contributed by atoms with Gasteiger partial charge in [0.25, 0.3) is 0 Å². The lowest BCUT2D eigenvalue weighted by Gasteiger charge is -2.26. The lowest BCUT2D eigenvalue weighted by Crippen LogP contribution is -2.26. The summed E-state index contributed by atoms with van der Waals surface area (Å²) in [5.41, 5.74) is 2.94. The van der Waals surface area contributed by atoms with Crippen LogP contribution in [0.3, 0.4) is 0 Å². The van der Waals surface area contributed by atoms with Gasteiger partial charge in [0.15, 0.2) is 0 Å². The molecule has 0 fully saturated rings. The first kappa shape index (κ1) is 12.4. The van der Waals surface area contributed by atoms with Crippen LogP contribution in [0, 0.1) is 0 Å². The molecule has 1 unspecified atom stereocenters. The highest BCUT2D eigenvalue weighted by Crippen LogP contribution is 2.29. The maximum atomic E-state index is 4.18. The van der Waals surface area contributed by atoms with Crippen LogP contribution in [-0.2, 0) is 19.5 Å². The summed E-state index contributed by atoms with van der Waals surface area (Å²) in [4.78, 5) is 0. The fourth-order valence-corrected chi connectivity index (χ4v) is 2.86. The van der Waals surface area contributed by atoms with Crippen LogP contribution in [0.25, 0.3) is 0 Å². The molecular formula is C15H20N4. The molecule has 1 N–H and O–H groups in total. The van der Waals surface area contributed by atoms with Gasteiger partial charge in [-0.3, -0.25) is 0 Å². The number of aryl methyl sites for hydroxylation is 2. The topological polar surface area (TPSA) is 42.7 Å². The molecule has 1 atom stereocenters. The van der Waals surface area contributed by atoms with E-state index in [9.17, 15) is 0 Å². The number of fused-ring (bicyclic) bond motifs is 1. The highest BCUT2D eigenvalue weighted by Gasteiger charge is 2.19. The Hall–Kier alpha value is -1.68. The second kappa shape index (κ2) is 5.53. The minimum atomic E-state index is 0.451. The maximum absolute atomic E-state index is 4.18. The fraction of sp³-hybridized carbons (Fsp3) is 0.467. The number of nitrogens with one attached hydrogen (secondary N) is 1. The Bertz CT molecular complexity index is 547. The monoisotopic (exact) mass is 256 g/mol. The molecule has 0 aliphatic heterocycles. The van der Waals surface area contributed by atoms with E-state index >= 15 is 0 Å². The molecule has 3 rings (SSSR count). The van der Waals surface area contributed by atoms with Crippen molar-refractivity contribution in [3.05, 3.63) is 47.5 Å². The Balaban J connectivity index is 1.71. The van der Waals surface area contributed by atoms with Gasteiger partial charge in [-0.1, -0.05) is 24.3 Å². The minimum absolute atomic E-state index is 0.451. The molecule has 1 aliphatic rings. The zero-order valence-corrected chi connectivity index (χ0v) is 11.3. The minimum Gasteiger partial charge on any atom is -0.317 e. The van der Waals surface area contributed by atoms with E-state index in [0.29, 0.717) is 6.04 Å². The molecule has 0 amide bonds. The van der Waals surface area contributed by atoms with E-state index in [-0.39, 0.29) is 0 Å². The van der Waals surface area contributed by atoms with Crippen molar-refractivity contribution >= 4 is 0 Å². The summed E-state index contributed by atoms with van der Waals surface area (Å²) >= 11 is 0. The van der Waals surface area contributed by atoms with Crippen LogP contribution in [0.1, 0.15) is 42.8 Å². The highest BCUT2D eigenvalue weighted by molar-refractivity contribution is 5.32. The van der Waals surface area contributed by atoms with Crippen molar-refractivity contribution in [2.24, 2.45) is 0 Å². The smallest absolute Gasteiger partial charge is 0.146 e. The van der Waals surface area contributed by atoms with E-state index in [0.717, 1.165) is 18.9 Å². The summed E-state index contributed by atoms with van der Waals surface area (Å²) < 4.78 is 2.09. The second-order valence-electron chi connectivity index (χ2n) is 5.06. The Labute approximate surface area is 113 Å². The van der Waals surface area contributed by atoms with E-state index in [4.69, 9.17) is 0 Å². The molecule has 1 aromatic carbocycles. The summed E-state index contributed by atoms with van der Waals surface area (Å²) in [6.07, 6.45) is 5.47. The van der Waals surface area contributed by atoms with Crippen molar-refractivity contribution in [1.82, 2.24) is 20.1 Å². The van der Waals surface area contributed by atoms with E-state index in [1.165, 1.54) is 30.4 Å². The summed E-state index contributed by atoms with van der Waals surface area (Å²) in [7, 11) is 0. The summed E-state index contributed by atoms with van der Waals surface area (Å²) in [5, 5.41) is 11.8. The average molecular weight is 256 g/mol. The number of nitrogens with zero attached hydrogens (tertiary/aromatic N) is 3. The Morgan fingerprint density at radius 2 is 2.26 bits per heavy atom. The molecule has 0 radical (unpaired) electrons. The Kier molecular flexibility index (Phi) is 3.60. The lowest BCUT2D eigenvalue weighted by atomic mass is 9.88. The third-order valence-corrected chi connectivity index (χ3v) is 3.91. The number of benzene rings is 1. The van der Waals surface area contributed by atoms with Gasteiger partial charge >= 0.3 is 0 Å². The largest absolute Gasteiger partial charge is 0.317 e. The summed E-state index contributed by atoms with van der Waals surface area (Å²) in [6.45, 7) is 3.82. The third kappa shape index (κ3) is 2.54. The predicted octanol–water partition coefficient (Wildman–Crippen LogP) is 2.47. The normalized spacial score (nSPS) is 18.3. The quantitative estimate of drug-likeness (QED) is 0.913. The van der Waals surface area contributed by atoms with Gasteiger partial charge in [0.1, 0.15) is 12.2 Å². The molecule has 4 heteroatoms. The maximum Gasteiger partial charge on any atom is 0.146 e. The van der Waals surface area contributed by atoms with Crippen LogP contribution in [-0.4, -0.2) is 14.8 Å². The molecule has 0 bridgehead atoms. The fourth-order valence-electron chi connectivity index (χ4n) is 2.86. The first-order valence-corrected chi connectivity index (χ1v) is 7.06. The van der Waals surface area contributed by atoms with Crippen LogP contribution in [0.15, 0.2) is 30.6 Å². The molecule has 1 heterocycles. The Morgan fingerprint density at radius 1 is 1.37 bits per heavy atom. The second-order valence-corrected chi connectivity index (χ2v) is 5.06. The third-order valence-electron chi connectivity index (χ3n) is 3.91. The van der Waals surface area contributed by atoms with Gasteiger partial charge in [-0.25, -0.2) is 0 Å². The van der Waals surface area contributed by atoms with Crippen molar-refractivity contribution in [2.45, 2.75) is 45.3 Å². The van der Waals surface area contributed by atoms with Crippen LogP contribution in [0.2, 0.25) is 0 Å². The molecule has 4 nitrogen and oxygen atoms in total. The molecule has 1 aromatic heterocycles. The molecule has 0 spiro atoms. The Morgan fingerprint density at radius 3 is 3.16 bits per heavy atom. The zero-order valence-electron chi connectivity index (χ0n) is 11.3. The SMILES string of the molecule is CCn1cnnc1CNC1CCCc2ccccc21. The van der Waals surface area contributed by atoms with Crippen LogP contribution in [0.5, 0.6) is 0 Å². The lowest BCUT2D eigenvalue weighted by molar-refractivity contribution is 0.446. The van der Waals surface area contributed by atoms with E-state index in [1.54, 1.807) is 6.33 Å². The van der Waals surface area contributed by atoms with Crippen molar-refractivity contribution in [3.8, 4) is 0 Å². The highest BCUT2D eigenvalue weighted by atomic mass is 15.3. The first-order valence-electron chi connectivity index (χ1n) is 7.06. The van der Waals surface area contributed by atoms with Crippen molar-refractivity contribution in [2.75, 3.05) is 0 Å². The molecule has 0 saturated heterocycles. The van der Waals surface area contributed by atoms with Gasteiger partial charge in [-0.2, -0.15) is 0 Å². The van der Waals surface area contributed by atoms with Gasteiger partial charge in [0.2, 0.25) is 0 Å². The van der Waals surface area contributed by atoms with Gasteiger partial charge < -0.3 is 9.88 Å². The van der Waals surface area contributed by atoms with Crippen LogP contribution < -0.4 is 5.32 Å². The van der Waals surface area contributed by atoms with Gasteiger partial charge in [-0.05, 0) is 37.3 Å². The molecule has 1 aliphatic carbocycles. The molecule has 2 aromatic rings. The number of rotatable bonds is 4. The predicted molar refractivity (Wildman–Crippen MR) is 74.7 cm³/mol.